The number of Topliss-reactive ketones (excluding diaryl/α,β-unsaturated/α-hetero) is 1. The maximum absolute atomic E-state index is 13.1. The van der Waals surface area contributed by atoms with Gasteiger partial charge in [0.05, 0.1) is 6.33 Å². The minimum atomic E-state index is 0.185. The Hall–Kier alpha value is -4.23. The molecule has 5 rings (SSSR count). The Bertz CT molecular complexity index is 1560. The van der Waals surface area contributed by atoms with Gasteiger partial charge in [-0.15, -0.1) is 0 Å². The van der Waals surface area contributed by atoms with E-state index >= 15 is 0 Å². The van der Waals surface area contributed by atoms with E-state index in [4.69, 9.17) is 0 Å². The summed E-state index contributed by atoms with van der Waals surface area (Å²) in [4.78, 5) is 21.8. The molecule has 3 aromatic rings. The molecule has 0 saturated carbocycles. The number of fused-ring (bicyclic) bond motifs is 1. The van der Waals surface area contributed by atoms with E-state index in [1.54, 1.807) is 0 Å². The number of aromatic nitrogens is 2. The molecule has 2 unspecified atom stereocenters. The molecule has 1 aliphatic carbocycles. The van der Waals surface area contributed by atoms with E-state index in [2.05, 4.69) is 89.7 Å². The molecule has 4 nitrogen and oxygen atoms in total. The van der Waals surface area contributed by atoms with Crippen LogP contribution in [0.5, 0.6) is 0 Å². The van der Waals surface area contributed by atoms with Crippen molar-refractivity contribution in [2.75, 3.05) is 0 Å². The first kappa shape index (κ1) is 27.3. The highest BCUT2D eigenvalue weighted by Crippen LogP contribution is 2.26. The summed E-state index contributed by atoms with van der Waals surface area (Å²) in [5.41, 5.74) is 8.86. The predicted octanol–water partition coefficient (Wildman–Crippen LogP) is 7.92. The van der Waals surface area contributed by atoms with Crippen molar-refractivity contribution in [1.29, 1.82) is 0 Å². The van der Waals surface area contributed by atoms with Crippen LogP contribution in [0.25, 0.3) is 0 Å². The van der Waals surface area contributed by atoms with Gasteiger partial charge >= 0.3 is 0 Å². The number of aryl methyl sites for hydroxylation is 2. The maximum atomic E-state index is 13.1. The number of benzene rings is 2. The molecular formula is C36H37N3O. The van der Waals surface area contributed by atoms with Crippen LogP contribution in [0.2, 0.25) is 0 Å². The smallest absolute Gasteiger partial charge is 0.162 e. The topological polar surface area (TPSA) is 47.2 Å². The fraction of sp³-hybridized carbons (Fsp3) is 0.306. The fourth-order valence-corrected chi connectivity index (χ4v) is 5.36. The molecule has 0 N–H and O–H groups in total. The number of nitrogens with zero attached hydrogens (tertiary/aromatic N) is 3. The number of rotatable bonds is 8. The monoisotopic (exact) mass is 527 g/mol. The molecule has 0 amide bonds. The van der Waals surface area contributed by atoms with E-state index in [1.807, 2.05) is 43.1 Å². The average molecular weight is 528 g/mol. The number of allylic oxidation sites excluding steroid dienone is 5. The zero-order chi connectivity index (χ0) is 27.9. The second-order valence-corrected chi connectivity index (χ2v) is 11.0. The van der Waals surface area contributed by atoms with Gasteiger partial charge in [-0.1, -0.05) is 67.3 Å². The lowest BCUT2D eigenvalue weighted by molar-refractivity contribution is 0.0979. The van der Waals surface area contributed by atoms with Crippen LogP contribution in [0.4, 0.5) is 0 Å². The normalized spacial score (nSPS) is 16.7. The number of hydrogen-bond donors (Lipinski definition) is 0. The molecule has 1 aliphatic heterocycles. The van der Waals surface area contributed by atoms with Gasteiger partial charge in [-0.2, -0.15) is 0 Å². The summed E-state index contributed by atoms with van der Waals surface area (Å²) < 4.78 is 2.09. The third-order valence-corrected chi connectivity index (χ3v) is 7.99. The molecule has 2 atom stereocenters. The lowest BCUT2D eigenvalue weighted by Crippen LogP contribution is -2.14. The second kappa shape index (κ2) is 12.7. The van der Waals surface area contributed by atoms with Gasteiger partial charge in [0.1, 0.15) is 0 Å². The van der Waals surface area contributed by atoms with Crippen molar-refractivity contribution in [2.24, 2.45) is 10.9 Å². The summed E-state index contributed by atoms with van der Waals surface area (Å²) in [6.45, 7) is 7.31. The van der Waals surface area contributed by atoms with E-state index < -0.39 is 0 Å². The van der Waals surface area contributed by atoms with Crippen molar-refractivity contribution in [3.05, 3.63) is 125 Å². The Morgan fingerprint density at radius 2 is 2.00 bits per heavy atom. The highest BCUT2D eigenvalue weighted by Gasteiger charge is 2.18. The highest BCUT2D eigenvalue weighted by molar-refractivity contribution is 5.99. The van der Waals surface area contributed by atoms with Crippen LogP contribution < -0.4 is 0 Å². The van der Waals surface area contributed by atoms with Gasteiger partial charge in [-0.25, -0.2) is 4.98 Å². The SMILES string of the molecule is Cc1ccc(C(=O)CCCC(C)c2ccc(Cn3ccnc3)c(C)c2)cc1C#CC1=CN=C2C=CC=CCC2C1. The van der Waals surface area contributed by atoms with Crippen molar-refractivity contribution in [1.82, 2.24) is 9.55 Å². The van der Waals surface area contributed by atoms with Crippen molar-refractivity contribution in [3.63, 3.8) is 0 Å². The molecule has 40 heavy (non-hydrogen) atoms. The van der Waals surface area contributed by atoms with Crippen molar-refractivity contribution in [3.8, 4) is 11.8 Å². The fourth-order valence-electron chi connectivity index (χ4n) is 5.36. The van der Waals surface area contributed by atoms with Gasteiger partial charge in [-0.05, 0) is 79.8 Å². The Balaban J connectivity index is 1.17. The lowest BCUT2D eigenvalue weighted by Gasteiger charge is -2.17. The summed E-state index contributed by atoms with van der Waals surface area (Å²) in [5, 5.41) is 0. The third kappa shape index (κ3) is 6.85. The molecule has 2 aromatic carbocycles. The Labute approximate surface area is 238 Å². The largest absolute Gasteiger partial charge is 0.333 e. The molecule has 0 spiro atoms. The van der Waals surface area contributed by atoms with Crippen LogP contribution in [0.15, 0.2) is 96.2 Å². The highest BCUT2D eigenvalue weighted by atomic mass is 16.1. The lowest BCUT2D eigenvalue weighted by atomic mass is 9.90. The van der Waals surface area contributed by atoms with Gasteiger partial charge in [0.25, 0.3) is 0 Å². The molecule has 2 aliphatic rings. The van der Waals surface area contributed by atoms with E-state index in [1.165, 1.54) is 16.7 Å². The van der Waals surface area contributed by atoms with Gasteiger partial charge < -0.3 is 4.57 Å². The van der Waals surface area contributed by atoms with Crippen molar-refractivity contribution in [2.45, 2.75) is 65.3 Å². The average Bonchev–Trinajstić information content (AvgIpc) is 3.36. The van der Waals surface area contributed by atoms with Crippen molar-refractivity contribution < 1.29 is 4.79 Å². The molecule has 202 valence electrons. The number of imidazole rings is 1. The first-order chi connectivity index (χ1) is 19.5. The summed E-state index contributed by atoms with van der Waals surface area (Å²) in [7, 11) is 0. The van der Waals surface area contributed by atoms with E-state index in [9.17, 15) is 4.79 Å². The van der Waals surface area contributed by atoms with E-state index in [-0.39, 0.29) is 5.78 Å². The molecule has 0 saturated heterocycles. The van der Waals surface area contributed by atoms with Gasteiger partial charge in [0.15, 0.2) is 5.78 Å². The zero-order valence-electron chi connectivity index (χ0n) is 23.7. The first-order valence-corrected chi connectivity index (χ1v) is 14.3. The minimum absolute atomic E-state index is 0.185. The molecule has 4 heteroatoms. The molecule has 2 heterocycles. The Kier molecular flexibility index (Phi) is 8.71. The number of carbonyl (C=O) groups is 1. The van der Waals surface area contributed by atoms with E-state index in [0.29, 0.717) is 18.3 Å². The minimum Gasteiger partial charge on any atom is -0.333 e. The number of carbonyl (C=O) groups excluding carboxylic acids is 1. The van der Waals surface area contributed by atoms with Crippen LogP contribution in [-0.4, -0.2) is 21.0 Å². The van der Waals surface area contributed by atoms with Crippen LogP contribution in [0.3, 0.4) is 0 Å². The van der Waals surface area contributed by atoms with Crippen molar-refractivity contribution >= 4 is 11.5 Å². The second-order valence-electron chi connectivity index (χ2n) is 11.0. The summed E-state index contributed by atoms with van der Waals surface area (Å²) in [6.07, 6.45) is 20.3. The first-order valence-electron chi connectivity index (χ1n) is 14.3. The quantitative estimate of drug-likeness (QED) is 0.221. The Morgan fingerprint density at radius 3 is 2.83 bits per heavy atom. The molecule has 0 radical (unpaired) electrons. The van der Waals surface area contributed by atoms with Gasteiger partial charge in [-0.3, -0.25) is 9.79 Å². The van der Waals surface area contributed by atoms with Crippen LogP contribution in [0, 0.1) is 31.6 Å². The van der Waals surface area contributed by atoms with Crippen LogP contribution in [0.1, 0.15) is 83.1 Å². The number of ketones is 1. The standard InChI is InChI=1S/C36H37N3O/c1-26(30-16-17-34(28(3)20-30)24-39-19-18-37-25-39)8-7-11-36(40)33-14-12-27(2)31(22-33)15-13-29-21-32-9-5-4-6-10-35(32)38-23-29/h4-6,10,12,14,16-20,22-23,25-26,32H,7-9,11,21,24H2,1-3H3. The third-order valence-electron chi connectivity index (χ3n) is 7.99. The van der Waals surface area contributed by atoms with E-state index in [0.717, 1.165) is 60.2 Å². The summed E-state index contributed by atoms with van der Waals surface area (Å²) in [5.74, 6) is 7.64. The molecule has 0 bridgehead atoms. The van der Waals surface area contributed by atoms with Gasteiger partial charge in [0.2, 0.25) is 0 Å². The zero-order valence-corrected chi connectivity index (χ0v) is 23.7. The van der Waals surface area contributed by atoms with Gasteiger partial charge in [0, 0.05) is 59.9 Å². The summed E-state index contributed by atoms with van der Waals surface area (Å²) in [6, 6.07) is 12.7. The molecule has 0 fully saturated rings. The summed E-state index contributed by atoms with van der Waals surface area (Å²) >= 11 is 0. The number of hydrogen-bond acceptors (Lipinski definition) is 3. The maximum Gasteiger partial charge on any atom is 0.162 e. The molecular weight excluding hydrogens is 490 g/mol. The predicted molar refractivity (Wildman–Crippen MR) is 164 cm³/mol. The van der Waals surface area contributed by atoms with Crippen LogP contribution >= 0.6 is 0 Å². The van der Waals surface area contributed by atoms with Crippen LogP contribution in [-0.2, 0) is 6.54 Å². The molecule has 1 aromatic heterocycles. The Morgan fingerprint density at radius 1 is 1.10 bits per heavy atom. The number of aliphatic imine (C=N–C) groups is 1.